The van der Waals surface area contributed by atoms with Crippen molar-refractivity contribution in [2.45, 2.75) is 50.8 Å². The smallest absolute Gasteiger partial charge is 0.275 e. The van der Waals surface area contributed by atoms with Crippen LogP contribution in [-0.2, 0) is 11.3 Å². The molecule has 0 radical (unpaired) electrons. The molecule has 1 aliphatic carbocycles. The molecule has 36 heavy (non-hydrogen) atoms. The van der Waals surface area contributed by atoms with Gasteiger partial charge in [-0.05, 0) is 18.4 Å². The molecular weight excluding hydrogens is 495 g/mol. The summed E-state index contributed by atoms with van der Waals surface area (Å²) in [5.41, 5.74) is 3.72. The number of halogens is 2. The maximum absolute atomic E-state index is 13.9. The van der Waals surface area contributed by atoms with Crippen LogP contribution in [0.4, 0.5) is 0 Å². The van der Waals surface area contributed by atoms with E-state index in [1.807, 2.05) is 47.6 Å². The highest BCUT2D eigenvalue weighted by Crippen LogP contribution is 2.34. The quantitative estimate of drug-likeness (QED) is 0.436. The summed E-state index contributed by atoms with van der Waals surface area (Å²) in [6.07, 6.45) is 7.95. The molecule has 5 rings (SSSR count). The standard InChI is InChI=1S/C28H34N4O2.2ClH/c33-28(31-17-16-29-18-25(31)20-34-19-22-10-4-1-5-11-22)26-27(23-12-6-2-7-13-23)32(21-30-26)24-14-8-3-9-15-24;;/h1-2,4-7,10-13,21,24-25,29H,3,8-9,14-20H2;2*1H/t25-;;/m0../s1. The lowest BCUT2D eigenvalue weighted by Gasteiger charge is -2.36. The molecule has 6 nitrogen and oxygen atoms in total. The summed E-state index contributed by atoms with van der Waals surface area (Å²) in [5.74, 6) is 0.00298. The van der Waals surface area contributed by atoms with Crippen molar-refractivity contribution in [3.05, 3.63) is 78.2 Å². The molecule has 2 heterocycles. The zero-order chi connectivity index (χ0) is 23.2. The van der Waals surface area contributed by atoms with E-state index in [1.165, 1.54) is 19.3 Å². The molecule has 0 unspecified atom stereocenters. The minimum Gasteiger partial charge on any atom is -0.375 e. The average Bonchev–Trinajstić information content (AvgIpc) is 3.35. The molecule has 1 saturated carbocycles. The van der Waals surface area contributed by atoms with Crippen LogP contribution in [0.15, 0.2) is 67.0 Å². The largest absolute Gasteiger partial charge is 0.375 e. The summed E-state index contributed by atoms with van der Waals surface area (Å²) in [6.45, 7) is 3.21. The highest BCUT2D eigenvalue weighted by molar-refractivity contribution is 5.98. The van der Waals surface area contributed by atoms with Crippen LogP contribution < -0.4 is 5.32 Å². The van der Waals surface area contributed by atoms with E-state index in [0.29, 0.717) is 31.5 Å². The van der Waals surface area contributed by atoms with Gasteiger partial charge in [-0.25, -0.2) is 4.98 Å². The topological polar surface area (TPSA) is 59.4 Å². The first kappa shape index (κ1) is 28.2. The van der Waals surface area contributed by atoms with Crippen LogP contribution in [0.25, 0.3) is 11.3 Å². The van der Waals surface area contributed by atoms with E-state index in [4.69, 9.17) is 9.72 Å². The van der Waals surface area contributed by atoms with Crippen molar-refractivity contribution >= 4 is 30.7 Å². The van der Waals surface area contributed by atoms with Gasteiger partial charge in [-0.3, -0.25) is 4.79 Å². The molecule has 1 aliphatic heterocycles. The second kappa shape index (κ2) is 13.8. The summed E-state index contributed by atoms with van der Waals surface area (Å²) in [4.78, 5) is 20.6. The van der Waals surface area contributed by atoms with E-state index < -0.39 is 0 Å². The Kier molecular flexibility index (Phi) is 10.8. The van der Waals surface area contributed by atoms with Crippen molar-refractivity contribution < 1.29 is 9.53 Å². The maximum Gasteiger partial charge on any atom is 0.275 e. The molecule has 0 bridgehead atoms. The lowest BCUT2D eigenvalue weighted by atomic mass is 9.94. The van der Waals surface area contributed by atoms with Gasteiger partial charge in [-0.1, -0.05) is 79.9 Å². The third-order valence-electron chi connectivity index (χ3n) is 7.04. The first-order chi connectivity index (χ1) is 16.8. The third-order valence-corrected chi connectivity index (χ3v) is 7.04. The minimum absolute atomic E-state index is 0. The predicted molar refractivity (Wildman–Crippen MR) is 148 cm³/mol. The number of piperazine rings is 1. The number of hydrogen-bond acceptors (Lipinski definition) is 4. The Morgan fingerprint density at radius 2 is 1.67 bits per heavy atom. The summed E-state index contributed by atoms with van der Waals surface area (Å²) in [5, 5.41) is 3.42. The number of imidazole rings is 1. The monoisotopic (exact) mass is 530 g/mol. The van der Waals surface area contributed by atoms with Gasteiger partial charge in [0.1, 0.15) is 0 Å². The molecule has 2 aliphatic rings. The van der Waals surface area contributed by atoms with Crippen LogP contribution >= 0.6 is 24.8 Å². The second-order valence-electron chi connectivity index (χ2n) is 9.36. The van der Waals surface area contributed by atoms with Crippen molar-refractivity contribution in [2.75, 3.05) is 26.2 Å². The molecule has 1 atom stereocenters. The van der Waals surface area contributed by atoms with E-state index in [-0.39, 0.29) is 36.8 Å². The van der Waals surface area contributed by atoms with Crippen molar-refractivity contribution in [2.24, 2.45) is 0 Å². The van der Waals surface area contributed by atoms with Gasteiger partial charge in [0.05, 0.1) is 31.3 Å². The molecule has 3 aromatic rings. The molecular formula is C28H36Cl2N4O2. The van der Waals surface area contributed by atoms with E-state index in [1.54, 1.807) is 0 Å². The number of amides is 1. The Bertz CT molecular complexity index is 1070. The zero-order valence-electron chi connectivity index (χ0n) is 20.6. The summed E-state index contributed by atoms with van der Waals surface area (Å²) >= 11 is 0. The number of nitrogens with one attached hydrogen (secondary N) is 1. The fourth-order valence-corrected chi connectivity index (χ4v) is 5.24. The van der Waals surface area contributed by atoms with Gasteiger partial charge >= 0.3 is 0 Å². The number of hydrogen-bond donors (Lipinski definition) is 1. The van der Waals surface area contributed by atoms with Crippen LogP contribution in [0.2, 0.25) is 0 Å². The molecule has 194 valence electrons. The number of carbonyl (C=O) groups excluding carboxylic acids is 1. The Hall–Kier alpha value is -2.38. The third kappa shape index (κ3) is 6.48. The molecule has 1 saturated heterocycles. The summed E-state index contributed by atoms with van der Waals surface area (Å²) in [7, 11) is 0. The number of nitrogens with zero attached hydrogens (tertiary/aromatic N) is 3. The fraction of sp³-hybridized carbons (Fsp3) is 0.429. The lowest BCUT2D eigenvalue weighted by Crippen LogP contribution is -2.55. The zero-order valence-corrected chi connectivity index (χ0v) is 22.2. The van der Waals surface area contributed by atoms with Gasteiger partial charge in [0.25, 0.3) is 5.91 Å². The van der Waals surface area contributed by atoms with Gasteiger partial charge in [-0.15, -0.1) is 24.8 Å². The molecule has 2 aromatic carbocycles. The molecule has 2 fully saturated rings. The average molecular weight is 532 g/mol. The van der Waals surface area contributed by atoms with Crippen molar-refractivity contribution in [1.82, 2.24) is 19.8 Å². The van der Waals surface area contributed by atoms with Gasteiger partial charge in [0, 0.05) is 31.2 Å². The van der Waals surface area contributed by atoms with E-state index in [9.17, 15) is 4.79 Å². The number of aromatic nitrogens is 2. The van der Waals surface area contributed by atoms with Crippen LogP contribution in [0.1, 0.15) is 54.2 Å². The van der Waals surface area contributed by atoms with Crippen LogP contribution in [-0.4, -0.2) is 52.6 Å². The first-order valence-electron chi connectivity index (χ1n) is 12.6. The maximum atomic E-state index is 13.9. The minimum atomic E-state index is -0.0200. The molecule has 1 N–H and O–H groups in total. The number of rotatable bonds is 7. The highest BCUT2D eigenvalue weighted by Gasteiger charge is 2.32. The Morgan fingerprint density at radius 3 is 2.39 bits per heavy atom. The predicted octanol–water partition coefficient (Wildman–Crippen LogP) is 5.53. The molecule has 0 spiro atoms. The van der Waals surface area contributed by atoms with Crippen LogP contribution in [0, 0.1) is 0 Å². The van der Waals surface area contributed by atoms with Gasteiger partial charge in [-0.2, -0.15) is 0 Å². The van der Waals surface area contributed by atoms with E-state index >= 15 is 0 Å². The van der Waals surface area contributed by atoms with Gasteiger partial charge in [0.2, 0.25) is 0 Å². The molecule has 1 aromatic heterocycles. The number of carbonyl (C=O) groups is 1. The SMILES string of the molecule is Cl.Cl.O=C(c1ncn(C2CCCCC2)c1-c1ccccc1)N1CCNC[C@H]1COCc1ccccc1. The fourth-order valence-electron chi connectivity index (χ4n) is 5.24. The Labute approximate surface area is 226 Å². The molecule has 8 heteroatoms. The Morgan fingerprint density at radius 1 is 0.972 bits per heavy atom. The van der Waals surface area contributed by atoms with Crippen molar-refractivity contribution in [3.63, 3.8) is 0 Å². The van der Waals surface area contributed by atoms with E-state index in [0.717, 1.165) is 42.8 Å². The molecule has 1 amide bonds. The van der Waals surface area contributed by atoms with Crippen molar-refractivity contribution in [3.8, 4) is 11.3 Å². The summed E-state index contributed by atoms with van der Waals surface area (Å²) in [6, 6.07) is 20.8. The number of ether oxygens (including phenoxy) is 1. The van der Waals surface area contributed by atoms with Gasteiger partial charge < -0.3 is 19.5 Å². The van der Waals surface area contributed by atoms with Crippen molar-refractivity contribution in [1.29, 1.82) is 0 Å². The van der Waals surface area contributed by atoms with Gasteiger partial charge in [0.15, 0.2) is 5.69 Å². The normalized spacial score (nSPS) is 18.2. The second-order valence-corrected chi connectivity index (χ2v) is 9.36. The van der Waals surface area contributed by atoms with Crippen LogP contribution in [0.5, 0.6) is 0 Å². The lowest BCUT2D eigenvalue weighted by molar-refractivity contribution is 0.0310. The summed E-state index contributed by atoms with van der Waals surface area (Å²) < 4.78 is 8.30. The highest BCUT2D eigenvalue weighted by atomic mass is 35.5. The first-order valence-corrected chi connectivity index (χ1v) is 12.6. The van der Waals surface area contributed by atoms with E-state index in [2.05, 4.69) is 34.1 Å². The Balaban J connectivity index is 0.00000180. The van der Waals surface area contributed by atoms with Crippen LogP contribution in [0.3, 0.4) is 0 Å². The number of benzene rings is 2.